The van der Waals surface area contributed by atoms with E-state index in [2.05, 4.69) is 26.4 Å². The topological polar surface area (TPSA) is 55.6 Å². The minimum Gasteiger partial charge on any atom is -0.318 e. The van der Waals surface area contributed by atoms with Gasteiger partial charge in [-0.25, -0.2) is 0 Å². The molecule has 0 saturated carbocycles. The number of hydrogen-bond donors (Lipinski definition) is 1. The largest absolute Gasteiger partial charge is 0.318 e. The molecule has 0 fully saturated rings. The highest BCUT2D eigenvalue weighted by molar-refractivity contribution is 5.79. The first-order valence-electron chi connectivity index (χ1n) is 6.67. The molecule has 3 aromatic heterocycles. The van der Waals surface area contributed by atoms with E-state index in [1.807, 2.05) is 49.4 Å². The Morgan fingerprint density at radius 1 is 1.15 bits per heavy atom. The minimum absolute atomic E-state index is 0.856. The third-order valence-corrected chi connectivity index (χ3v) is 3.23. The molecule has 102 valence electrons. The van der Waals surface area contributed by atoms with Gasteiger partial charge < -0.3 is 5.32 Å². The van der Waals surface area contributed by atoms with E-state index in [9.17, 15) is 0 Å². The number of nitrogens with one attached hydrogen (secondary N) is 1. The van der Waals surface area contributed by atoms with Crippen molar-refractivity contribution in [1.82, 2.24) is 25.1 Å². The van der Waals surface area contributed by atoms with Crippen molar-refractivity contribution in [2.45, 2.75) is 13.5 Å². The number of likely N-dealkylation sites (N-methyl/N-ethyl adjacent to an activating group) is 1. The molecule has 0 saturated heterocycles. The summed E-state index contributed by atoms with van der Waals surface area (Å²) in [7, 11) is 1.94. The number of fused-ring (bicyclic) bond motifs is 1. The fourth-order valence-electron chi connectivity index (χ4n) is 2.13. The van der Waals surface area contributed by atoms with E-state index in [-0.39, 0.29) is 0 Å². The maximum Gasteiger partial charge on any atom is 0.0896 e. The van der Waals surface area contributed by atoms with Gasteiger partial charge in [-0.3, -0.25) is 14.6 Å². The molecule has 0 radical (unpaired) electrons. The van der Waals surface area contributed by atoms with Crippen LogP contribution in [0.25, 0.3) is 22.2 Å². The van der Waals surface area contributed by atoms with E-state index in [4.69, 9.17) is 0 Å². The van der Waals surface area contributed by atoms with Crippen LogP contribution >= 0.6 is 0 Å². The van der Waals surface area contributed by atoms with Crippen LogP contribution in [0.4, 0.5) is 0 Å². The standard InChI is InChI=1S/C15H17N5/c1-11-3-4-14-15(19-11)7-12(8-17-14)13-9-18-20(10-13)6-5-16-2/h3-4,7-10,16H,5-6H2,1-2H3. The van der Waals surface area contributed by atoms with E-state index in [1.54, 1.807) is 0 Å². The molecule has 0 spiro atoms. The van der Waals surface area contributed by atoms with Crippen molar-refractivity contribution < 1.29 is 0 Å². The van der Waals surface area contributed by atoms with Crippen LogP contribution in [0, 0.1) is 6.92 Å². The molecule has 3 rings (SSSR count). The molecule has 0 amide bonds. The molecule has 3 aromatic rings. The lowest BCUT2D eigenvalue weighted by Crippen LogP contribution is -2.14. The predicted molar refractivity (Wildman–Crippen MR) is 79.4 cm³/mol. The van der Waals surface area contributed by atoms with Crippen LogP contribution in [0.2, 0.25) is 0 Å². The lowest BCUT2D eigenvalue weighted by Gasteiger charge is -2.02. The van der Waals surface area contributed by atoms with Crippen LogP contribution in [-0.2, 0) is 6.54 Å². The lowest BCUT2D eigenvalue weighted by molar-refractivity contribution is 0.585. The van der Waals surface area contributed by atoms with Crippen molar-refractivity contribution in [3.05, 3.63) is 42.5 Å². The van der Waals surface area contributed by atoms with Crippen LogP contribution in [0.5, 0.6) is 0 Å². The number of hydrogen-bond acceptors (Lipinski definition) is 4. The second-order valence-electron chi connectivity index (χ2n) is 4.81. The van der Waals surface area contributed by atoms with E-state index in [1.165, 1.54) is 0 Å². The zero-order valence-corrected chi connectivity index (χ0v) is 11.7. The number of nitrogens with zero attached hydrogens (tertiary/aromatic N) is 4. The molecule has 20 heavy (non-hydrogen) atoms. The van der Waals surface area contributed by atoms with Crippen molar-refractivity contribution in [3.63, 3.8) is 0 Å². The van der Waals surface area contributed by atoms with Gasteiger partial charge >= 0.3 is 0 Å². The van der Waals surface area contributed by atoms with Crippen molar-refractivity contribution in [3.8, 4) is 11.1 Å². The molecule has 5 heteroatoms. The van der Waals surface area contributed by atoms with E-state index in [0.717, 1.165) is 40.9 Å². The SMILES string of the molecule is CNCCn1cc(-c2cnc3ccc(C)nc3c2)cn1. The molecule has 1 N–H and O–H groups in total. The first-order chi connectivity index (χ1) is 9.76. The van der Waals surface area contributed by atoms with Crippen LogP contribution in [0.1, 0.15) is 5.69 Å². The highest BCUT2D eigenvalue weighted by Gasteiger charge is 2.05. The Morgan fingerprint density at radius 3 is 2.90 bits per heavy atom. The van der Waals surface area contributed by atoms with Crippen molar-refractivity contribution in [1.29, 1.82) is 0 Å². The third kappa shape index (κ3) is 2.53. The zero-order valence-electron chi connectivity index (χ0n) is 11.7. The summed E-state index contributed by atoms with van der Waals surface area (Å²) >= 11 is 0. The highest BCUT2D eigenvalue weighted by atomic mass is 15.3. The van der Waals surface area contributed by atoms with E-state index < -0.39 is 0 Å². The number of pyridine rings is 2. The maximum absolute atomic E-state index is 4.52. The van der Waals surface area contributed by atoms with Gasteiger partial charge in [-0.1, -0.05) is 0 Å². The van der Waals surface area contributed by atoms with E-state index in [0.29, 0.717) is 0 Å². The number of aryl methyl sites for hydroxylation is 1. The third-order valence-electron chi connectivity index (χ3n) is 3.23. The summed E-state index contributed by atoms with van der Waals surface area (Å²) in [5.74, 6) is 0. The van der Waals surface area contributed by atoms with Crippen LogP contribution in [0.3, 0.4) is 0 Å². The molecule has 3 heterocycles. The maximum atomic E-state index is 4.52. The average Bonchev–Trinajstić information content (AvgIpc) is 2.93. The molecular formula is C15H17N5. The zero-order chi connectivity index (χ0) is 13.9. The summed E-state index contributed by atoms with van der Waals surface area (Å²) in [5.41, 5.74) is 4.96. The normalized spacial score (nSPS) is 11.1. The molecular weight excluding hydrogens is 250 g/mol. The van der Waals surface area contributed by atoms with Gasteiger partial charge in [0.15, 0.2) is 0 Å². The van der Waals surface area contributed by atoms with Gasteiger partial charge in [-0.15, -0.1) is 0 Å². The van der Waals surface area contributed by atoms with Gasteiger partial charge in [0, 0.05) is 35.8 Å². The first-order valence-corrected chi connectivity index (χ1v) is 6.67. The van der Waals surface area contributed by atoms with Gasteiger partial charge in [0.1, 0.15) is 0 Å². The summed E-state index contributed by atoms with van der Waals surface area (Å²) in [6.45, 7) is 3.74. The highest BCUT2D eigenvalue weighted by Crippen LogP contribution is 2.21. The van der Waals surface area contributed by atoms with Gasteiger partial charge in [0.2, 0.25) is 0 Å². The lowest BCUT2D eigenvalue weighted by atomic mass is 10.1. The summed E-state index contributed by atoms with van der Waals surface area (Å²) < 4.78 is 1.93. The molecule has 0 bridgehead atoms. The first kappa shape index (κ1) is 12.7. The van der Waals surface area contributed by atoms with Crippen molar-refractivity contribution >= 4 is 11.0 Å². The van der Waals surface area contributed by atoms with Crippen molar-refractivity contribution in [2.75, 3.05) is 13.6 Å². The minimum atomic E-state index is 0.856. The van der Waals surface area contributed by atoms with Crippen LogP contribution in [0.15, 0.2) is 36.8 Å². The number of rotatable bonds is 4. The summed E-state index contributed by atoms with van der Waals surface area (Å²) in [6, 6.07) is 6.04. The molecule has 0 aliphatic heterocycles. The fourth-order valence-corrected chi connectivity index (χ4v) is 2.13. The molecule has 0 unspecified atom stereocenters. The Kier molecular flexibility index (Phi) is 3.43. The van der Waals surface area contributed by atoms with Gasteiger partial charge in [-0.05, 0) is 32.2 Å². The Labute approximate surface area is 117 Å². The van der Waals surface area contributed by atoms with Gasteiger partial charge in [0.25, 0.3) is 0 Å². The van der Waals surface area contributed by atoms with Gasteiger partial charge in [0.05, 0.1) is 23.8 Å². The second-order valence-corrected chi connectivity index (χ2v) is 4.81. The molecule has 0 aliphatic carbocycles. The predicted octanol–water partition coefficient (Wildman–Crippen LogP) is 2.02. The van der Waals surface area contributed by atoms with Crippen LogP contribution < -0.4 is 5.32 Å². The quantitative estimate of drug-likeness (QED) is 0.785. The van der Waals surface area contributed by atoms with E-state index >= 15 is 0 Å². The summed E-state index contributed by atoms with van der Waals surface area (Å²) in [5, 5.41) is 7.47. The smallest absolute Gasteiger partial charge is 0.0896 e. The molecule has 0 atom stereocenters. The second kappa shape index (κ2) is 5.38. The summed E-state index contributed by atoms with van der Waals surface area (Å²) in [6.07, 6.45) is 5.78. The van der Waals surface area contributed by atoms with Gasteiger partial charge in [-0.2, -0.15) is 5.10 Å². The monoisotopic (exact) mass is 267 g/mol. The van der Waals surface area contributed by atoms with Crippen LogP contribution in [-0.4, -0.2) is 33.3 Å². The average molecular weight is 267 g/mol. The molecule has 0 aliphatic rings. The number of aromatic nitrogens is 4. The Balaban J connectivity index is 1.95. The summed E-state index contributed by atoms with van der Waals surface area (Å²) in [4.78, 5) is 8.98. The Morgan fingerprint density at radius 2 is 2.05 bits per heavy atom. The van der Waals surface area contributed by atoms with Crippen molar-refractivity contribution in [2.24, 2.45) is 0 Å². The molecule has 0 aromatic carbocycles. The fraction of sp³-hybridized carbons (Fsp3) is 0.267. The Bertz CT molecular complexity index is 732. The molecule has 5 nitrogen and oxygen atoms in total. The Hall–Kier alpha value is -2.27.